The highest BCUT2D eigenvalue weighted by Gasteiger charge is 2.17. The van der Waals surface area contributed by atoms with Gasteiger partial charge in [0.1, 0.15) is 10.6 Å². The first-order valence-electron chi connectivity index (χ1n) is 5.29. The van der Waals surface area contributed by atoms with E-state index in [2.05, 4.69) is 20.5 Å². The largest absolute Gasteiger partial charge is 0.478 e. The van der Waals surface area contributed by atoms with Crippen LogP contribution in [0.1, 0.15) is 26.6 Å². The van der Waals surface area contributed by atoms with Crippen molar-refractivity contribution in [3.05, 3.63) is 33.4 Å². The lowest BCUT2D eigenvalue weighted by atomic mass is 10.1. The fourth-order valence-corrected chi connectivity index (χ4v) is 2.05. The number of thiazole rings is 1. The smallest absolute Gasteiger partial charge is 0.339 e. The highest BCUT2D eigenvalue weighted by Crippen LogP contribution is 2.19. The van der Waals surface area contributed by atoms with Gasteiger partial charge in [0.25, 0.3) is 0 Å². The molecule has 7 heteroatoms. The second-order valence-corrected chi connectivity index (χ2v) is 4.70. The summed E-state index contributed by atoms with van der Waals surface area (Å²) < 4.78 is 0. The molecule has 18 heavy (non-hydrogen) atoms. The number of aromatic carboxylic acids is 1. The molecule has 2 N–H and O–H groups in total. The number of rotatable bonds is 4. The quantitative estimate of drug-likeness (QED) is 0.876. The number of nitrogens with zero attached hydrogens (tertiary/aromatic N) is 3. The molecule has 94 valence electrons. The molecule has 6 nitrogen and oxygen atoms in total. The van der Waals surface area contributed by atoms with Gasteiger partial charge in [-0.25, -0.2) is 9.78 Å². The molecule has 0 aromatic carbocycles. The Morgan fingerprint density at radius 1 is 1.44 bits per heavy atom. The first kappa shape index (κ1) is 12.4. The Labute approximate surface area is 108 Å². The van der Waals surface area contributed by atoms with Crippen LogP contribution in [-0.4, -0.2) is 26.3 Å². The van der Waals surface area contributed by atoms with Crippen LogP contribution in [-0.2, 0) is 6.54 Å². The Hall–Kier alpha value is -2.02. The minimum Gasteiger partial charge on any atom is -0.478 e. The molecule has 0 saturated heterocycles. The van der Waals surface area contributed by atoms with Crippen LogP contribution in [0, 0.1) is 13.8 Å². The summed E-state index contributed by atoms with van der Waals surface area (Å²) in [5, 5.41) is 22.7. The van der Waals surface area contributed by atoms with Crippen LogP contribution in [0.2, 0.25) is 0 Å². The van der Waals surface area contributed by atoms with Crippen molar-refractivity contribution in [3.8, 4) is 0 Å². The maximum atomic E-state index is 11.2. The summed E-state index contributed by atoms with van der Waals surface area (Å²) in [7, 11) is 0. The van der Waals surface area contributed by atoms with Gasteiger partial charge in [0, 0.05) is 11.6 Å². The van der Waals surface area contributed by atoms with Crippen LogP contribution >= 0.6 is 11.3 Å². The van der Waals surface area contributed by atoms with E-state index in [0.29, 0.717) is 17.8 Å². The Morgan fingerprint density at radius 3 is 2.83 bits per heavy atom. The Balaban J connectivity index is 2.27. The van der Waals surface area contributed by atoms with Gasteiger partial charge in [0.2, 0.25) is 0 Å². The van der Waals surface area contributed by atoms with Gasteiger partial charge in [0.05, 0.1) is 12.2 Å². The number of hydrogen-bond acceptors (Lipinski definition) is 6. The number of aryl methyl sites for hydroxylation is 1. The number of nitrogens with one attached hydrogen (secondary N) is 1. The lowest BCUT2D eigenvalue weighted by Crippen LogP contribution is -2.12. The molecule has 2 rings (SSSR count). The van der Waals surface area contributed by atoms with Crippen molar-refractivity contribution >= 4 is 23.1 Å². The number of carbonyl (C=O) groups is 1. The molecule has 0 amide bonds. The maximum absolute atomic E-state index is 11.2. The zero-order chi connectivity index (χ0) is 13.1. The topological polar surface area (TPSA) is 88.0 Å². The van der Waals surface area contributed by atoms with Gasteiger partial charge >= 0.3 is 5.97 Å². The minimum atomic E-state index is -1.01. The van der Waals surface area contributed by atoms with E-state index >= 15 is 0 Å². The molecule has 0 aliphatic rings. The van der Waals surface area contributed by atoms with Crippen molar-refractivity contribution in [1.29, 1.82) is 0 Å². The molecule has 0 spiro atoms. The molecule has 0 unspecified atom stereocenters. The SMILES string of the molecule is Cc1nnc(NCc2nccs2)c(C(=O)O)c1C. The molecule has 0 aliphatic carbocycles. The Kier molecular flexibility index (Phi) is 3.52. The molecule has 2 aromatic rings. The number of aromatic nitrogens is 3. The first-order valence-corrected chi connectivity index (χ1v) is 6.17. The second kappa shape index (κ2) is 5.09. The van der Waals surface area contributed by atoms with E-state index in [0.717, 1.165) is 5.01 Å². The third-order valence-corrected chi connectivity index (χ3v) is 3.34. The van der Waals surface area contributed by atoms with Gasteiger partial charge in [-0.2, -0.15) is 5.10 Å². The summed E-state index contributed by atoms with van der Waals surface area (Å²) in [4.78, 5) is 15.3. The van der Waals surface area contributed by atoms with Crippen LogP contribution in [0.3, 0.4) is 0 Å². The van der Waals surface area contributed by atoms with Crippen molar-refractivity contribution in [2.75, 3.05) is 5.32 Å². The zero-order valence-electron chi connectivity index (χ0n) is 9.97. The van der Waals surface area contributed by atoms with E-state index in [1.807, 2.05) is 5.38 Å². The molecule has 0 aliphatic heterocycles. The van der Waals surface area contributed by atoms with Gasteiger partial charge in [0.15, 0.2) is 5.82 Å². The van der Waals surface area contributed by atoms with Crippen LogP contribution in [0.25, 0.3) is 0 Å². The van der Waals surface area contributed by atoms with E-state index in [1.165, 1.54) is 11.3 Å². The third kappa shape index (κ3) is 2.45. The summed E-state index contributed by atoms with van der Waals surface area (Å²) in [6, 6.07) is 0. The fraction of sp³-hybridized carbons (Fsp3) is 0.273. The number of anilines is 1. The second-order valence-electron chi connectivity index (χ2n) is 3.72. The number of carboxylic acid groups (broad SMARTS) is 1. The van der Waals surface area contributed by atoms with E-state index < -0.39 is 5.97 Å². The van der Waals surface area contributed by atoms with Crippen LogP contribution in [0.5, 0.6) is 0 Å². The van der Waals surface area contributed by atoms with Crippen molar-refractivity contribution in [2.24, 2.45) is 0 Å². The molecule has 0 atom stereocenters. The van der Waals surface area contributed by atoms with E-state index in [4.69, 9.17) is 0 Å². The average molecular weight is 264 g/mol. The molecule has 0 saturated carbocycles. The summed E-state index contributed by atoms with van der Waals surface area (Å²) in [6.45, 7) is 3.90. The Morgan fingerprint density at radius 2 is 2.22 bits per heavy atom. The molecule has 0 radical (unpaired) electrons. The van der Waals surface area contributed by atoms with Crippen molar-refractivity contribution in [1.82, 2.24) is 15.2 Å². The Bertz CT molecular complexity index is 569. The summed E-state index contributed by atoms with van der Waals surface area (Å²) in [6.07, 6.45) is 1.70. The van der Waals surface area contributed by atoms with Crippen molar-refractivity contribution in [2.45, 2.75) is 20.4 Å². The van der Waals surface area contributed by atoms with Crippen molar-refractivity contribution in [3.63, 3.8) is 0 Å². The summed E-state index contributed by atoms with van der Waals surface area (Å²) in [5.74, 6) is -0.729. The lowest BCUT2D eigenvalue weighted by Gasteiger charge is -2.10. The molecule has 2 heterocycles. The predicted octanol–water partition coefficient (Wildman–Crippen LogP) is 1.86. The molecule has 0 bridgehead atoms. The van der Waals surface area contributed by atoms with Crippen LogP contribution in [0.15, 0.2) is 11.6 Å². The molecule has 0 fully saturated rings. The summed E-state index contributed by atoms with van der Waals surface area (Å²) >= 11 is 1.49. The highest BCUT2D eigenvalue weighted by molar-refractivity contribution is 7.09. The number of hydrogen-bond donors (Lipinski definition) is 2. The molecular weight excluding hydrogens is 252 g/mol. The third-order valence-electron chi connectivity index (χ3n) is 2.56. The van der Waals surface area contributed by atoms with E-state index in [9.17, 15) is 9.90 Å². The van der Waals surface area contributed by atoms with Gasteiger partial charge in [-0.05, 0) is 19.4 Å². The van der Waals surface area contributed by atoms with Gasteiger partial charge in [-0.3, -0.25) is 0 Å². The lowest BCUT2D eigenvalue weighted by molar-refractivity contribution is 0.0696. The minimum absolute atomic E-state index is 0.166. The fourth-order valence-electron chi connectivity index (χ4n) is 1.49. The maximum Gasteiger partial charge on any atom is 0.339 e. The molecular formula is C11H12N4O2S. The van der Waals surface area contributed by atoms with Crippen LogP contribution < -0.4 is 5.32 Å². The molecule has 2 aromatic heterocycles. The monoisotopic (exact) mass is 264 g/mol. The zero-order valence-corrected chi connectivity index (χ0v) is 10.8. The highest BCUT2D eigenvalue weighted by atomic mass is 32.1. The first-order chi connectivity index (χ1) is 8.59. The van der Waals surface area contributed by atoms with E-state index in [1.54, 1.807) is 20.0 Å². The van der Waals surface area contributed by atoms with Crippen molar-refractivity contribution < 1.29 is 9.90 Å². The predicted molar refractivity (Wildman–Crippen MR) is 67.9 cm³/mol. The number of carboxylic acids is 1. The summed E-state index contributed by atoms with van der Waals surface area (Å²) in [5.41, 5.74) is 1.41. The van der Waals surface area contributed by atoms with Crippen LogP contribution in [0.4, 0.5) is 5.82 Å². The van der Waals surface area contributed by atoms with Gasteiger partial charge < -0.3 is 10.4 Å². The normalized spacial score (nSPS) is 10.3. The van der Waals surface area contributed by atoms with Gasteiger partial charge in [-0.15, -0.1) is 16.4 Å². The standard InChI is InChI=1S/C11H12N4O2S/c1-6-7(2)14-15-10(9(6)11(16)17)13-5-8-12-3-4-18-8/h3-4H,5H2,1-2H3,(H,13,15)(H,16,17). The van der Waals surface area contributed by atoms with Gasteiger partial charge in [-0.1, -0.05) is 0 Å². The average Bonchev–Trinajstić information content (AvgIpc) is 2.83. The van der Waals surface area contributed by atoms with E-state index in [-0.39, 0.29) is 11.4 Å².